The molecule has 1 aliphatic rings. The molecule has 0 radical (unpaired) electrons. The van der Waals surface area contributed by atoms with Crippen LogP contribution in [0.15, 0.2) is 30.3 Å². The molecule has 5 nitrogen and oxygen atoms in total. The maximum atomic E-state index is 12.0. The van der Waals surface area contributed by atoms with Gasteiger partial charge >= 0.3 is 0 Å². The molecule has 1 aromatic carbocycles. The molecule has 0 saturated carbocycles. The van der Waals surface area contributed by atoms with Gasteiger partial charge in [0.15, 0.2) is 0 Å². The van der Waals surface area contributed by atoms with Crippen LogP contribution in [-0.4, -0.2) is 21.7 Å². The van der Waals surface area contributed by atoms with Crippen molar-refractivity contribution < 1.29 is 9.59 Å². The van der Waals surface area contributed by atoms with E-state index in [2.05, 4.69) is 4.98 Å². The number of benzene rings is 1. The summed E-state index contributed by atoms with van der Waals surface area (Å²) < 4.78 is 0. The van der Waals surface area contributed by atoms with E-state index in [1.54, 1.807) is 0 Å². The van der Waals surface area contributed by atoms with Crippen molar-refractivity contribution in [2.75, 3.05) is 5.73 Å². The molecule has 2 amide bonds. The van der Waals surface area contributed by atoms with Gasteiger partial charge in [0.25, 0.3) is 0 Å². The number of para-hydroxylation sites is 1. The number of anilines is 1. The maximum Gasteiger partial charge on any atom is 0.229 e. The van der Waals surface area contributed by atoms with Crippen molar-refractivity contribution in [1.82, 2.24) is 9.88 Å². The number of pyridine rings is 1. The molecule has 1 fully saturated rings. The third-order valence-corrected chi connectivity index (χ3v) is 3.80. The van der Waals surface area contributed by atoms with Crippen LogP contribution in [-0.2, 0) is 16.1 Å². The first-order chi connectivity index (χ1) is 10.1. The van der Waals surface area contributed by atoms with Crippen LogP contribution in [0, 0.1) is 0 Å². The zero-order chi connectivity index (χ0) is 14.8. The molecule has 3 rings (SSSR count). The van der Waals surface area contributed by atoms with Gasteiger partial charge in [-0.05, 0) is 25.0 Å². The van der Waals surface area contributed by atoms with Crippen molar-refractivity contribution in [1.29, 1.82) is 0 Å². The molecule has 1 aromatic heterocycles. The Kier molecular flexibility index (Phi) is 3.56. The van der Waals surface area contributed by atoms with Gasteiger partial charge in [-0.1, -0.05) is 18.2 Å². The van der Waals surface area contributed by atoms with E-state index in [0.29, 0.717) is 18.7 Å². The van der Waals surface area contributed by atoms with E-state index < -0.39 is 0 Å². The summed E-state index contributed by atoms with van der Waals surface area (Å²) in [5.74, 6) is 0.133. The van der Waals surface area contributed by atoms with Gasteiger partial charge in [0.05, 0.1) is 12.1 Å². The monoisotopic (exact) mass is 283 g/mol. The third kappa shape index (κ3) is 2.72. The minimum absolute atomic E-state index is 0.120. The van der Waals surface area contributed by atoms with Crippen molar-refractivity contribution in [2.45, 2.75) is 32.2 Å². The van der Waals surface area contributed by atoms with Crippen LogP contribution in [0.2, 0.25) is 0 Å². The highest BCUT2D eigenvalue weighted by molar-refractivity contribution is 5.96. The molecule has 5 heteroatoms. The largest absolute Gasteiger partial charge is 0.383 e. The fourth-order valence-electron chi connectivity index (χ4n) is 2.61. The number of rotatable bonds is 2. The Bertz CT molecular complexity index is 694. The van der Waals surface area contributed by atoms with E-state index >= 15 is 0 Å². The van der Waals surface area contributed by atoms with E-state index in [1.807, 2.05) is 30.3 Å². The van der Waals surface area contributed by atoms with Crippen LogP contribution in [0.5, 0.6) is 0 Å². The number of likely N-dealkylation sites (tertiary alicyclic amines) is 1. The molecule has 0 atom stereocenters. The van der Waals surface area contributed by atoms with E-state index in [-0.39, 0.29) is 18.4 Å². The number of amides is 2. The standard InChI is InChI=1S/C16H17N3O2/c17-16-12(9-11-5-1-2-6-13(11)18-16)10-19-14(20)7-3-4-8-15(19)21/h1-2,5-6,9H,3-4,7-8,10H2,(H2,17,18). The highest BCUT2D eigenvalue weighted by Gasteiger charge is 2.24. The highest BCUT2D eigenvalue weighted by Crippen LogP contribution is 2.22. The molecule has 2 heterocycles. The van der Waals surface area contributed by atoms with Gasteiger partial charge in [0, 0.05) is 23.8 Å². The Labute approximate surface area is 122 Å². The molecule has 2 aromatic rings. The Morgan fingerprint density at radius 1 is 1.10 bits per heavy atom. The fourth-order valence-corrected chi connectivity index (χ4v) is 2.61. The molecular formula is C16H17N3O2. The number of fused-ring (bicyclic) bond motifs is 1. The first-order valence-electron chi connectivity index (χ1n) is 7.12. The van der Waals surface area contributed by atoms with Crippen LogP contribution in [0.3, 0.4) is 0 Å². The average Bonchev–Trinajstić information content (AvgIpc) is 2.63. The molecule has 0 spiro atoms. The van der Waals surface area contributed by atoms with Gasteiger partial charge in [0.2, 0.25) is 11.8 Å². The van der Waals surface area contributed by atoms with Gasteiger partial charge in [-0.25, -0.2) is 4.98 Å². The number of nitrogens with two attached hydrogens (primary N) is 1. The van der Waals surface area contributed by atoms with Gasteiger partial charge in [-0.15, -0.1) is 0 Å². The Morgan fingerprint density at radius 2 is 1.76 bits per heavy atom. The number of hydrogen-bond donors (Lipinski definition) is 1. The predicted octanol–water partition coefficient (Wildman–Crippen LogP) is 2.25. The second-order valence-corrected chi connectivity index (χ2v) is 5.31. The second-order valence-electron chi connectivity index (χ2n) is 5.31. The second kappa shape index (κ2) is 5.52. The predicted molar refractivity (Wildman–Crippen MR) is 80.2 cm³/mol. The number of nitrogen functional groups attached to an aromatic ring is 1. The summed E-state index contributed by atoms with van der Waals surface area (Å²) in [7, 11) is 0. The summed E-state index contributed by atoms with van der Waals surface area (Å²) in [5.41, 5.74) is 7.51. The van der Waals surface area contributed by atoms with Crippen molar-refractivity contribution in [3.8, 4) is 0 Å². The molecule has 1 aliphatic heterocycles. The number of hydrogen-bond acceptors (Lipinski definition) is 4. The maximum absolute atomic E-state index is 12.0. The summed E-state index contributed by atoms with van der Waals surface area (Å²) in [5, 5.41) is 0.955. The lowest BCUT2D eigenvalue weighted by atomic mass is 10.1. The van der Waals surface area contributed by atoms with Crippen molar-refractivity contribution in [3.05, 3.63) is 35.9 Å². The summed E-state index contributed by atoms with van der Waals surface area (Å²) in [6, 6.07) is 9.56. The average molecular weight is 283 g/mol. The molecule has 108 valence electrons. The van der Waals surface area contributed by atoms with Crippen molar-refractivity contribution in [3.63, 3.8) is 0 Å². The molecule has 0 unspecified atom stereocenters. The zero-order valence-electron chi connectivity index (χ0n) is 11.7. The molecule has 1 saturated heterocycles. The summed E-state index contributed by atoms with van der Waals surface area (Å²) in [6.07, 6.45) is 2.39. The van der Waals surface area contributed by atoms with Crippen molar-refractivity contribution in [2.24, 2.45) is 0 Å². The molecule has 0 bridgehead atoms. The number of carbonyl (C=O) groups is 2. The first-order valence-corrected chi connectivity index (χ1v) is 7.12. The minimum atomic E-state index is -0.120. The summed E-state index contributed by atoms with van der Waals surface area (Å²) >= 11 is 0. The van der Waals surface area contributed by atoms with Crippen LogP contribution in [0.4, 0.5) is 5.82 Å². The lowest BCUT2D eigenvalue weighted by Crippen LogP contribution is -2.34. The number of aromatic nitrogens is 1. The van der Waals surface area contributed by atoms with Crippen LogP contribution < -0.4 is 5.73 Å². The summed E-state index contributed by atoms with van der Waals surface area (Å²) in [4.78, 5) is 29.8. The Morgan fingerprint density at radius 3 is 2.48 bits per heavy atom. The minimum Gasteiger partial charge on any atom is -0.383 e. The van der Waals surface area contributed by atoms with Gasteiger partial charge < -0.3 is 5.73 Å². The van der Waals surface area contributed by atoms with E-state index in [1.165, 1.54) is 4.90 Å². The number of nitrogens with zero attached hydrogens (tertiary/aromatic N) is 2. The van der Waals surface area contributed by atoms with Crippen LogP contribution in [0.25, 0.3) is 10.9 Å². The van der Waals surface area contributed by atoms with E-state index in [0.717, 1.165) is 29.3 Å². The number of carbonyl (C=O) groups excluding carboxylic acids is 2. The Balaban J connectivity index is 1.94. The molecule has 0 aliphatic carbocycles. The van der Waals surface area contributed by atoms with Gasteiger partial charge in [-0.2, -0.15) is 0 Å². The smallest absolute Gasteiger partial charge is 0.229 e. The van der Waals surface area contributed by atoms with Crippen LogP contribution in [0.1, 0.15) is 31.2 Å². The SMILES string of the molecule is Nc1nc2ccccc2cc1CN1C(=O)CCCCC1=O. The van der Waals surface area contributed by atoms with Crippen molar-refractivity contribution >= 4 is 28.5 Å². The third-order valence-electron chi connectivity index (χ3n) is 3.80. The quantitative estimate of drug-likeness (QED) is 0.858. The number of imide groups is 1. The lowest BCUT2D eigenvalue weighted by Gasteiger charge is -2.19. The normalized spacial score (nSPS) is 16.3. The van der Waals surface area contributed by atoms with E-state index in [9.17, 15) is 9.59 Å². The molecular weight excluding hydrogens is 266 g/mol. The molecule has 2 N–H and O–H groups in total. The van der Waals surface area contributed by atoms with E-state index in [4.69, 9.17) is 5.73 Å². The Hall–Kier alpha value is -2.43. The lowest BCUT2D eigenvalue weighted by molar-refractivity contribution is -0.144. The van der Waals surface area contributed by atoms with Gasteiger partial charge in [-0.3, -0.25) is 14.5 Å². The van der Waals surface area contributed by atoms with Crippen LogP contribution >= 0.6 is 0 Å². The fraction of sp³-hybridized carbons (Fsp3) is 0.312. The van der Waals surface area contributed by atoms with Gasteiger partial charge in [0.1, 0.15) is 5.82 Å². The zero-order valence-corrected chi connectivity index (χ0v) is 11.7. The highest BCUT2D eigenvalue weighted by atomic mass is 16.2. The topological polar surface area (TPSA) is 76.3 Å². The molecule has 21 heavy (non-hydrogen) atoms. The first kappa shape index (κ1) is 13.5. The summed E-state index contributed by atoms with van der Waals surface area (Å²) in [6.45, 7) is 0.210.